The van der Waals surface area contributed by atoms with E-state index in [1.807, 2.05) is 6.07 Å². The van der Waals surface area contributed by atoms with Gasteiger partial charge in [0, 0.05) is 35.1 Å². The standard InChI is InChI=1S/C29H31ClN4O6/c1-29(2,3)40-28(37)34-16-23(33-27(36)32-22-7-5-6-21(30)14-22)24(17-34)39-26(35)19-10-8-18(9-11-19)20-12-13-25(38-4)31-15-20/h5-15,23-24H,16-17H2,1-4H3,(H2,32,33,36)/t23-,24-/m0/s1. The second-order valence-electron chi connectivity index (χ2n) is 10.2. The van der Waals surface area contributed by atoms with Crippen LogP contribution in [0.15, 0.2) is 66.9 Å². The monoisotopic (exact) mass is 566 g/mol. The molecule has 4 rings (SSSR count). The molecule has 0 radical (unpaired) electrons. The molecule has 1 aromatic heterocycles. The number of rotatable bonds is 6. The summed E-state index contributed by atoms with van der Waals surface area (Å²) in [5, 5.41) is 5.98. The summed E-state index contributed by atoms with van der Waals surface area (Å²) in [5.74, 6) is -0.0807. The van der Waals surface area contributed by atoms with E-state index in [0.717, 1.165) is 11.1 Å². The first-order valence-electron chi connectivity index (χ1n) is 12.6. The Bertz CT molecular complexity index is 1360. The third-order valence-electron chi connectivity index (χ3n) is 5.97. The lowest BCUT2D eigenvalue weighted by Gasteiger charge is -2.24. The van der Waals surface area contributed by atoms with Gasteiger partial charge in [-0.1, -0.05) is 29.8 Å². The number of urea groups is 1. The van der Waals surface area contributed by atoms with Gasteiger partial charge in [-0.3, -0.25) is 0 Å². The molecule has 40 heavy (non-hydrogen) atoms. The smallest absolute Gasteiger partial charge is 0.410 e. The van der Waals surface area contributed by atoms with Gasteiger partial charge in [-0.25, -0.2) is 19.4 Å². The number of methoxy groups -OCH3 is 1. The third kappa shape index (κ3) is 7.63. The lowest BCUT2D eigenvalue weighted by atomic mass is 10.1. The van der Waals surface area contributed by atoms with Crippen LogP contribution in [0.5, 0.6) is 5.88 Å². The van der Waals surface area contributed by atoms with E-state index in [-0.39, 0.29) is 13.1 Å². The number of likely N-dealkylation sites (tertiary alicyclic amines) is 1. The molecule has 2 atom stereocenters. The summed E-state index contributed by atoms with van der Waals surface area (Å²) in [4.78, 5) is 44.2. The summed E-state index contributed by atoms with van der Waals surface area (Å²) >= 11 is 6.01. The van der Waals surface area contributed by atoms with E-state index in [1.54, 1.807) is 88.7 Å². The van der Waals surface area contributed by atoms with Gasteiger partial charge in [-0.2, -0.15) is 0 Å². The Morgan fingerprint density at radius 1 is 1.00 bits per heavy atom. The summed E-state index contributed by atoms with van der Waals surface area (Å²) in [6.45, 7) is 5.44. The Kier molecular flexibility index (Phi) is 8.79. The largest absolute Gasteiger partial charge is 0.481 e. The maximum Gasteiger partial charge on any atom is 0.410 e. The maximum atomic E-state index is 13.1. The number of hydrogen-bond donors (Lipinski definition) is 2. The molecule has 2 aromatic carbocycles. The van der Waals surface area contributed by atoms with Crippen molar-refractivity contribution in [3.63, 3.8) is 0 Å². The Balaban J connectivity index is 1.45. The molecule has 210 valence electrons. The number of benzene rings is 2. The van der Waals surface area contributed by atoms with Crippen molar-refractivity contribution in [2.45, 2.75) is 38.5 Å². The van der Waals surface area contributed by atoms with Gasteiger partial charge in [-0.15, -0.1) is 0 Å². The van der Waals surface area contributed by atoms with Crippen LogP contribution in [0.1, 0.15) is 31.1 Å². The Labute approximate surface area is 237 Å². The predicted molar refractivity (Wildman–Crippen MR) is 151 cm³/mol. The molecular weight excluding hydrogens is 536 g/mol. The Morgan fingerprint density at radius 3 is 2.35 bits per heavy atom. The zero-order valence-corrected chi connectivity index (χ0v) is 23.4. The van der Waals surface area contributed by atoms with E-state index in [9.17, 15) is 14.4 Å². The van der Waals surface area contributed by atoms with Crippen molar-refractivity contribution in [1.29, 1.82) is 0 Å². The predicted octanol–water partition coefficient (Wildman–Crippen LogP) is 5.38. The van der Waals surface area contributed by atoms with E-state index in [4.69, 9.17) is 25.8 Å². The van der Waals surface area contributed by atoms with Crippen molar-refractivity contribution in [1.82, 2.24) is 15.2 Å². The number of amides is 3. The minimum atomic E-state index is -0.810. The first-order valence-corrected chi connectivity index (χ1v) is 13.0. The number of esters is 1. The molecule has 1 aliphatic rings. The summed E-state index contributed by atoms with van der Waals surface area (Å²) in [5.41, 5.74) is 1.83. The van der Waals surface area contributed by atoms with E-state index in [2.05, 4.69) is 15.6 Å². The van der Waals surface area contributed by atoms with Crippen LogP contribution in [-0.2, 0) is 9.47 Å². The molecule has 11 heteroatoms. The van der Waals surface area contributed by atoms with Crippen LogP contribution < -0.4 is 15.4 Å². The topological polar surface area (TPSA) is 119 Å². The zero-order chi connectivity index (χ0) is 28.9. The van der Waals surface area contributed by atoms with Crippen LogP contribution in [0, 0.1) is 0 Å². The normalized spacial score (nSPS) is 16.7. The van der Waals surface area contributed by atoms with Crippen molar-refractivity contribution in [3.05, 3.63) is 77.4 Å². The van der Waals surface area contributed by atoms with Crippen molar-refractivity contribution < 1.29 is 28.6 Å². The molecule has 0 aliphatic carbocycles. The number of ether oxygens (including phenoxy) is 3. The SMILES string of the molecule is COc1ccc(-c2ccc(C(=O)O[C@H]3CN(C(=O)OC(C)(C)C)C[C@@H]3NC(=O)Nc3cccc(Cl)c3)cc2)cn1. The van der Waals surface area contributed by atoms with Gasteiger partial charge < -0.3 is 29.7 Å². The number of nitrogens with zero attached hydrogens (tertiary/aromatic N) is 2. The van der Waals surface area contributed by atoms with Crippen LogP contribution in [0.4, 0.5) is 15.3 Å². The van der Waals surface area contributed by atoms with Crippen molar-refractivity contribution in [2.75, 3.05) is 25.5 Å². The molecule has 1 fully saturated rings. The van der Waals surface area contributed by atoms with Gasteiger partial charge in [-0.05, 0) is 62.7 Å². The third-order valence-corrected chi connectivity index (χ3v) is 6.21. The lowest BCUT2D eigenvalue weighted by molar-refractivity contribution is 0.0180. The van der Waals surface area contributed by atoms with E-state index in [1.165, 1.54) is 4.90 Å². The molecule has 3 aromatic rings. The fourth-order valence-electron chi connectivity index (χ4n) is 4.09. The summed E-state index contributed by atoms with van der Waals surface area (Å²) in [6, 6.07) is 16.0. The van der Waals surface area contributed by atoms with Gasteiger partial charge >= 0.3 is 18.1 Å². The molecule has 2 heterocycles. The van der Waals surface area contributed by atoms with Gasteiger partial charge in [0.15, 0.2) is 0 Å². The van der Waals surface area contributed by atoms with Crippen LogP contribution in [0.25, 0.3) is 11.1 Å². The average molecular weight is 567 g/mol. The van der Waals surface area contributed by atoms with Crippen molar-refractivity contribution in [3.8, 4) is 17.0 Å². The van der Waals surface area contributed by atoms with Gasteiger partial charge in [0.2, 0.25) is 5.88 Å². The van der Waals surface area contributed by atoms with Crippen LogP contribution in [-0.4, -0.2) is 65.9 Å². The molecule has 0 saturated carbocycles. The van der Waals surface area contributed by atoms with Gasteiger partial charge in [0.25, 0.3) is 0 Å². The second kappa shape index (κ2) is 12.3. The fraction of sp³-hybridized carbons (Fsp3) is 0.310. The molecule has 1 saturated heterocycles. The minimum Gasteiger partial charge on any atom is -0.481 e. The highest BCUT2D eigenvalue weighted by Gasteiger charge is 2.40. The number of halogens is 1. The number of carbonyl (C=O) groups is 3. The fourth-order valence-corrected chi connectivity index (χ4v) is 4.28. The Morgan fingerprint density at radius 2 is 1.73 bits per heavy atom. The summed E-state index contributed by atoms with van der Waals surface area (Å²) < 4.78 is 16.4. The first kappa shape index (κ1) is 28.7. The van der Waals surface area contributed by atoms with Crippen LogP contribution in [0.3, 0.4) is 0 Å². The number of carbonyl (C=O) groups excluding carboxylic acids is 3. The summed E-state index contributed by atoms with van der Waals surface area (Å²) in [7, 11) is 1.55. The van der Waals surface area contributed by atoms with Crippen molar-refractivity contribution >= 4 is 35.4 Å². The molecule has 3 amide bonds. The van der Waals surface area contributed by atoms with Crippen molar-refractivity contribution in [2.24, 2.45) is 0 Å². The molecule has 0 spiro atoms. The van der Waals surface area contributed by atoms with E-state index in [0.29, 0.717) is 22.2 Å². The summed E-state index contributed by atoms with van der Waals surface area (Å²) in [6.07, 6.45) is 0.307. The average Bonchev–Trinajstić information content (AvgIpc) is 3.30. The highest BCUT2D eigenvalue weighted by Crippen LogP contribution is 2.23. The van der Waals surface area contributed by atoms with E-state index < -0.39 is 35.8 Å². The number of aromatic nitrogens is 1. The van der Waals surface area contributed by atoms with Crippen LogP contribution in [0.2, 0.25) is 5.02 Å². The molecule has 0 bridgehead atoms. The quantitative estimate of drug-likeness (QED) is 0.385. The molecule has 1 aliphatic heterocycles. The number of nitrogens with one attached hydrogen (secondary N) is 2. The maximum absolute atomic E-state index is 13.1. The van der Waals surface area contributed by atoms with E-state index >= 15 is 0 Å². The highest BCUT2D eigenvalue weighted by atomic mass is 35.5. The minimum absolute atomic E-state index is 0.0539. The molecule has 2 N–H and O–H groups in total. The number of anilines is 1. The van der Waals surface area contributed by atoms with Gasteiger partial charge in [0.05, 0.1) is 25.3 Å². The lowest BCUT2D eigenvalue weighted by Crippen LogP contribution is -2.46. The second-order valence-corrected chi connectivity index (χ2v) is 10.6. The zero-order valence-electron chi connectivity index (χ0n) is 22.6. The highest BCUT2D eigenvalue weighted by molar-refractivity contribution is 6.30. The molecule has 10 nitrogen and oxygen atoms in total. The number of pyridine rings is 1. The first-order chi connectivity index (χ1) is 19.0. The number of hydrogen-bond acceptors (Lipinski definition) is 7. The molecule has 0 unspecified atom stereocenters. The molecular formula is C29H31ClN4O6. The Hall–Kier alpha value is -4.31. The van der Waals surface area contributed by atoms with Crippen LogP contribution >= 0.6 is 11.6 Å². The van der Waals surface area contributed by atoms with Gasteiger partial charge in [0.1, 0.15) is 11.7 Å².